The number of carbonyl (C=O) groups is 2. The van der Waals surface area contributed by atoms with Crippen LogP contribution in [0.2, 0.25) is 5.02 Å². The first-order chi connectivity index (χ1) is 16.5. The summed E-state index contributed by atoms with van der Waals surface area (Å²) in [5.74, 6) is -0.299. The maximum Gasteiger partial charge on any atom is 0.418 e. The van der Waals surface area contributed by atoms with Gasteiger partial charge in [-0.1, -0.05) is 37.6 Å². The zero-order chi connectivity index (χ0) is 25.8. The lowest BCUT2D eigenvalue weighted by Gasteiger charge is -2.21. The van der Waals surface area contributed by atoms with E-state index in [0.29, 0.717) is 35.4 Å². The zero-order valence-electron chi connectivity index (χ0n) is 19.1. The van der Waals surface area contributed by atoms with E-state index in [1.807, 2.05) is 32.0 Å². The highest BCUT2D eigenvalue weighted by atomic mass is 35.5. The number of aromatic nitrogens is 2. The molecule has 3 rings (SSSR count). The molecule has 0 unspecified atom stereocenters. The highest BCUT2D eigenvalue weighted by Gasteiger charge is 2.34. The van der Waals surface area contributed by atoms with Gasteiger partial charge >= 0.3 is 6.18 Å². The smallest absolute Gasteiger partial charge is 0.368 e. The molecule has 0 aliphatic carbocycles. The molecule has 2 amide bonds. The molecule has 186 valence electrons. The van der Waals surface area contributed by atoms with E-state index in [9.17, 15) is 22.8 Å². The first-order valence-electron chi connectivity index (χ1n) is 10.9. The molecule has 1 heterocycles. The van der Waals surface area contributed by atoms with Crippen molar-refractivity contribution in [3.8, 4) is 0 Å². The van der Waals surface area contributed by atoms with E-state index < -0.39 is 29.6 Å². The molecule has 0 saturated carbocycles. The number of hydrogen-bond acceptors (Lipinski definition) is 5. The second-order valence-electron chi connectivity index (χ2n) is 8.36. The summed E-state index contributed by atoms with van der Waals surface area (Å²) in [5, 5.41) is 6.03. The highest BCUT2D eigenvalue weighted by Crippen LogP contribution is 2.36. The average molecular weight is 508 g/mol. The van der Waals surface area contributed by atoms with Crippen LogP contribution in [0.25, 0.3) is 10.9 Å². The largest absolute Gasteiger partial charge is 0.418 e. The number of benzene rings is 2. The average Bonchev–Trinajstić information content (AvgIpc) is 2.77. The molecule has 0 bridgehead atoms. The van der Waals surface area contributed by atoms with Gasteiger partial charge in [-0.2, -0.15) is 13.2 Å². The maximum atomic E-state index is 13.2. The Labute approximate surface area is 205 Å². The number of fused-ring (bicyclic) bond motifs is 1. The number of aryl methyl sites for hydroxylation is 1. The molecule has 0 saturated heterocycles. The molecular formula is C24H25ClF3N5O2. The molecule has 0 radical (unpaired) electrons. The van der Waals surface area contributed by atoms with E-state index in [1.54, 1.807) is 6.07 Å². The third kappa shape index (κ3) is 6.82. The molecule has 2 aromatic carbocycles. The minimum Gasteiger partial charge on any atom is -0.368 e. The molecule has 11 heteroatoms. The van der Waals surface area contributed by atoms with Crippen LogP contribution in [0.4, 0.5) is 24.7 Å². The predicted molar refractivity (Wildman–Crippen MR) is 129 cm³/mol. The second kappa shape index (κ2) is 10.9. The van der Waals surface area contributed by atoms with Crippen LogP contribution in [0.15, 0.2) is 42.5 Å². The van der Waals surface area contributed by atoms with Gasteiger partial charge in [0.05, 0.1) is 16.8 Å². The van der Waals surface area contributed by atoms with Gasteiger partial charge in [-0.3, -0.25) is 9.59 Å². The van der Waals surface area contributed by atoms with Gasteiger partial charge in [0.25, 0.3) is 0 Å². The van der Waals surface area contributed by atoms with E-state index in [4.69, 9.17) is 17.3 Å². The number of carbonyl (C=O) groups excluding carboxylic acids is 2. The molecule has 3 aromatic rings. The first kappa shape index (κ1) is 26.2. The van der Waals surface area contributed by atoms with Crippen molar-refractivity contribution in [3.05, 3.63) is 58.9 Å². The monoisotopic (exact) mass is 507 g/mol. The molecule has 1 atom stereocenters. The standard InChI is InChI=1S/C24H25ClF3N5O2/c1-13(2)21(22(29)35)33-23-15-6-3-4-7-17(15)30-19(32-23)8-5-9-20(34)31-18-11-10-14(25)12-16(18)24(26,27)28/h3-4,6-7,10-13,21H,5,8-9H2,1-2H3,(H2,29,35)(H,31,34)(H,30,32,33)/t21-/m0/s1. The fourth-order valence-corrected chi connectivity index (χ4v) is 3.71. The third-order valence-electron chi connectivity index (χ3n) is 5.28. The van der Waals surface area contributed by atoms with E-state index in [2.05, 4.69) is 20.6 Å². The van der Waals surface area contributed by atoms with E-state index in [-0.39, 0.29) is 23.0 Å². The minimum absolute atomic E-state index is 0.0468. The molecular weight excluding hydrogens is 483 g/mol. The predicted octanol–water partition coefficient (Wildman–Crippen LogP) is 5.19. The number of rotatable bonds is 9. The first-order valence-corrected chi connectivity index (χ1v) is 11.3. The summed E-state index contributed by atoms with van der Waals surface area (Å²) >= 11 is 5.67. The van der Waals surface area contributed by atoms with Crippen LogP contribution < -0.4 is 16.4 Å². The van der Waals surface area contributed by atoms with Gasteiger partial charge in [0, 0.05) is 23.3 Å². The number of amides is 2. The van der Waals surface area contributed by atoms with Crippen LogP contribution in [-0.2, 0) is 22.2 Å². The van der Waals surface area contributed by atoms with Crippen LogP contribution >= 0.6 is 11.6 Å². The van der Waals surface area contributed by atoms with Crippen molar-refractivity contribution >= 4 is 45.8 Å². The van der Waals surface area contributed by atoms with Crippen molar-refractivity contribution in [1.29, 1.82) is 0 Å². The number of nitrogens with one attached hydrogen (secondary N) is 2. The quantitative estimate of drug-likeness (QED) is 0.369. The second-order valence-corrected chi connectivity index (χ2v) is 8.80. The summed E-state index contributed by atoms with van der Waals surface area (Å²) < 4.78 is 39.7. The number of alkyl halides is 3. The van der Waals surface area contributed by atoms with Crippen LogP contribution in [0, 0.1) is 5.92 Å². The summed E-state index contributed by atoms with van der Waals surface area (Å²) in [5.41, 5.74) is 4.80. The highest BCUT2D eigenvalue weighted by molar-refractivity contribution is 6.30. The SMILES string of the molecule is CC(C)[C@H](Nc1nc(CCCC(=O)Nc2ccc(Cl)cc2C(F)(F)F)nc2ccccc12)C(N)=O. The molecule has 7 nitrogen and oxygen atoms in total. The van der Waals surface area contributed by atoms with Crippen molar-refractivity contribution in [1.82, 2.24) is 9.97 Å². The van der Waals surface area contributed by atoms with Crippen molar-refractivity contribution in [2.24, 2.45) is 11.7 Å². The Morgan fingerprint density at radius 2 is 1.83 bits per heavy atom. The number of halogens is 4. The van der Waals surface area contributed by atoms with Crippen LogP contribution in [-0.4, -0.2) is 27.8 Å². The zero-order valence-corrected chi connectivity index (χ0v) is 19.9. The number of para-hydroxylation sites is 1. The number of primary amides is 1. The Bertz CT molecular complexity index is 1230. The van der Waals surface area contributed by atoms with Crippen molar-refractivity contribution in [2.45, 2.75) is 45.3 Å². The summed E-state index contributed by atoms with van der Waals surface area (Å²) in [6, 6.07) is 9.78. The maximum absolute atomic E-state index is 13.2. The van der Waals surface area contributed by atoms with Crippen molar-refractivity contribution in [3.63, 3.8) is 0 Å². The Morgan fingerprint density at radius 3 is 2.49 bits per heavy atom. The lowest BCUT2D eigenvalue weighted by molar-refractivity contribution is -0.137. The summed E-state index contributed by atoms with van der Waals surface area (Å²) in [6.45, 7) is 3.71. The van der Waals surface area contributed by atoms with Gasteiger partial charge in [-0.25, -0.2) is 9.97 Å². The number of anilines is 2. The lowest BCUT2D eigenvalue weighted by Crippen LogP contribution is -2.39. The molecule has 0 fully saturated rings. The fraction of sp³-hybridized carbons (Fsp3) is 0.333. The molecule has 4 N–H and O–H groups in total. The van der Waals surface area contributed by atoms with E-state index >= 15 is 0 Å². The normalized spacial score (nSPS) is 12.5. The Morgan fingerprint density at radius 1 is 1.11 bits per heavy atom. The van der Waals surface area contributed by atoms with E-state index in [0.717, 1.165) is 12.1 Å². The molecule has 0 aliphatic rings. The van der Waals surface area contributed by atoms with Gasteiger partial charge in [0.2, 0.25) is 11.8 Å². The Kier molecular flexibility index (Phi) is 8.16. The summed E-state index contributed by atoms with van der Waals surface area (Å²) in [4.78, 5) is 33.2. The number of hydrogen-bond donors (Lipinski definition) is 3. The van der Waals surface area contributed by atoms with Gasteiger partial charge in [0.1, 0.15) is 17.7 Å². The molecule has 1 aromatic heterocycles. The van der Waals surface area contributed by atoms with Crippen LogP contribution in [0.5, 0.6) is 0 Å². The molecule has 0 aliphatic heterocycles. The molecule has 0 spiro atoms. The van der Waals surface area contributed by atoms with Gasteiger partial charge < -0.3 is 16.4 Å². The van der Waals surface area contributed by atoms with Gasteiger partial charge in [-0.15, -0.1) is 0 Å². The van der Waals surface area contributed by atoms with Gasteiger partial charge in [0.15, 0.2) is 0 Å². The van der Waals surface area contributed by atoms with E-state index in [1.165, 1.54) is 6.07 Å². The minimum atomic E-state index is -4.66. The Hall–Kier alpha value is -3.40. The van der Waals surface area contributed by atoms with Crippen LogP contribution in [0.3, 0.4) is 0 Å². The summed E-state index contributed by atoms with van der Waals surface area (Å²) in [6.07, 6.45) is -4.12. The number of nitrogens with zero attached hydrogens (tertiary/aromatic N) is 2. The number of nitrogens with two attached hydrogens (primary N) is 1. The van der Waals surface area contributed by atoms with Gasteiger partial charge in [-0.05, 0) is 42.7 Å². The van der Waals surface area contributed by atoms with Crippen molar-refractivity contribution in [2.75, 3.05) is 10.6 Å². The van der Waals surface area contributed by atoms with Crippen molar-refractivity contribution < 1.29 is 22.8 Å². The topological polar surface area (TPSA) is 110 Å². The lowest BCUT2D eigenvalue weighted by atomic mass is 10.0. The fourth-order valence-electron chi connectivity index (χ4n) is 3.54. The molecule has 35 heavy (non-hydrogen) atoms. The van der Waals surface area contributed by atoms with Crippen LogP contribution in [0.1, 0.15) is 38.1 Å². The third-order valence-corrected chi connectivity index (χ3v) is 5.52. The summed E-state index contributed by atoms with van der Waals surface area (Å²) in [7, 11) is 0. The Balaban J connectivity index is 1.72.